The summed E-state index contributed by atoms with van der Waals surface area (Å²) in [6.07, 6.45) is -12.2. The Balaban J connectivity index is 3.64. The fourth-order valence-corrected chi connectivity index (χ4v) is 1.29. The average Bonchev–Trinajstić information content (AvgIpc) is 2.40. The normalized spacial score (nSPS) is 40.5. The van der Waals surface area contributed by atoms with Crippen molar-refractivity contribution in [3.8, 4) is 0 Å². The van der Waals surface area contributed by atoms with Crippen LogP contribution in [0.15, 0.2) is 0 Å². The first-order valence-corrected chi connectivity index (χ1v) is 6.12. The molecular formula is C14H25NO5. The number of hydrogen-bond donors (Lipinski definition) is 1. The number of ether oxygens (including phenoxy) is 2. The molecule has 0 spiro atoms. The quantitative estimate of drug-likeness (QED) is 0.749. The monoisotopic (exact) mass is 293 g/mol. The van der Waals surface area contributed by atoms with Gasteiger partial charge in [-0.25, -0.2) is 9.59 Å². The van der Waals surface area contributed by atoms with Crippen LogP contribution in [-0.2, 0) is 14.3 Å². The molecule has 1 fully saturated rings. The molecular weight excluding hydrogens is 262 g/mol. The molecule has 1 aliphatic heterocycles. The summed E-state index contributed by atoms with van der Waals surface area (Å²) < 4.78 is 57.7. The van der Waals surface area contributed by atoms with Gasteiger partial charge in [0.25, 0.3) is 0 Å². The van der Waals surface area contributed by atoms with Gasteiger partial charge in [0, 0.05) is 5.48 Å². The second kappa shape index (κ2) is 5.60. The minimum absolute atomic E-state index is 0.251. The SMILES string of the molecule is [2H]C1(O)N(C(=O)OC(C)(C)C)[C@]([2H])(C(=O)OC(C)(C)C)C([2H])([2H])C1([2H])[2H]. The van der Waals surface area contributed by atoms with Crippen molar-refractivity contribution in [1.82, 2.24) is 4.90 Å². The molecule has 6 nitrogen and oxygen atoms in total. The Hall–Kier alpha value is -1.30. The minimum atomic E-state index is -3.60. The Morgan fingerprint density at radius 3 is 2.10 bits per heavy atom. The molecule has 1 unspecified atom stereocenters. The van der Waals surface area contributed by atoms with Crippen molar-refractivity contribution >= 4 is 12.1 Å². The van der Waals surface area contributed by atoms with E-state index < -0.39 is 48.2 Å². The molecule has 1 heterocycles. The third kappa shape index (κ3) is 4.67. The topological polar surface area (TPSA) is 76.1 Å². The van der Waals surface area contributed by atoms with Gasteiger partial charge in [-0.3, -0.25) is 4.90 Å². The number of amides is 1. The van der Waals surface area contributed by atoms with E-state index in [0.29, 0.717) is 0 Å². The Bertz CT molecular complexity index is 610. The van der Waals surface area contributed by atoms with Gasteiger partial charge >= 0.3 is 12.1 Å². The number of carbonyl (C=O) groups excluding carboxylic acids is 2. The van der Waals surface area contributed by atoms with Crippen LogP contribution in [0, 0.1) is 0 Å². The minimum Gasteiger partial charge on any atom is -0.458 e. The van der Waals surface area contributed by atoms with Gasteiger partial charge in [-0.1, -0.05) is 0 Å². The molecule has 116 valence electrons. The third-order valence-electron chi connectivity index (χ3n) is 1.90. The lowest BCUT2D eigenvalue weighted by Crippen LogP contribution is -2.48. The van der Waals surface area contributed by atoms with Crippen LogP contribution >= 0.6 is 0 Å². The van der Waals surface area contributed by atoms with Crippen LogP contribution in [0.1, 0.15) is 62.5 Å². The van der Waals surface area contributed by atoms with E-state index in [9.17, 15) is 14.7 Å². The smallest absolute Gasteiger partial charge is 0.413 e. The lowest BCUT2D eigenvalue weighted by Gasteiger charge is -2.31. The highest BCUT2D eigenvalue weighted by Crippen LogP contribution is 2.27. The van der Waals surface area contributed by atoms with Crippen LogP contribution in [0.4, 0.5) is 4.79 Å². The zero-order valence-electron chi connectivity index (χ0n) is 18.5. The van der Waals surface area contributed by atoms with Crippen molar-refractivity contribution in [3.63, 3.8) is 0 Å². The van der Waals surface area contributed by atoms with Gasteiger partial charge in [0.1, 0.15) is 23.4 Å². The number of aliphatic hydroxyl groups is 1. The zero-order valence-corrected chi connectivity index (χ0v) is 12.5. The first-order chi connectivity index (χ1) is 11.1. The summed E-state index contributed by atoms with van der Waals surface area (Å²) in [6, 6.07) is -3.40. The Morgan fingerprint density at radius 2 is 1.65 bits per heavy atom. The van der Waals surface area contributed by atoms with Crippen LogP contribution in [0.3, 0.4) is 0 Å². The molecule has 0 aliphatic carbocycles. The van der Waals surface area contributed by atoms with Crippen LogP contribution < -0.4 is 0 Å². The van der Waals surface area contributed by atoms with E-state index in [-0.39, 0.29) is 4.90 Å². The number of nitrogens with zero attached hydrogens (tertiary/aromatic N) is 1. The molecule has 0 radical (unpaired) electrons. The predicted octanol–water partition coefficient (Wildman–Crippen LogP) is 2.05. The van der Waals surface area contributed by atoms with E-state index in [0.717, 1.165) is 0 Å². The van der Waals surface area contributed by atoms with Crippen LogP contribution in [0.2, 0.25) is 0 Å². The van der Waals surface area contributed by atoms with Crippen LogP contribution in [0.5, 0.6) is 0 Å². The molecule has 0 aromatic heterocycles. The van der Waals surface area contributed by atoms with Crippen molar-refractivity contribution in [1.29, 1.82) is 0 Å². The van der Waals surface area contributed by atoms with Crippen LogP contribution in [0.25, 0.3) is 0 Å². The van der Waals surface area contributed by atoms with Crippen molar-refractivity contribution in [2.45, 2.75) is 77.7 Å². The van der Waals surface area contributed by atoms with Gasteiger partial charge in [-0.05, 0) is 54.3 Å². The molecule has 1 rings (SSSR count). The standard InChI is InChI=1S/C14H25NO5/c1-13(2,3)19-11(17)9-7-8-10(16)15(9)12(18)20-14(4,5)6/h9-10,16H,7-8H2,1-6H3/t9-,10?/m0/s1/i7D2,8D2,9D,10D. The van der Waals surface area contributed by atoms with Crippen molar-refractivity contribution in [2.75, 3.05) is 0 Å². The van der Waals surface area contributed by atoms with E-state index >= 15 is 0 Å². The lowest BCUT2D eigenvalue weighted by atomic mass is 10.1. The summed E-state index contributed by atoms with van der Waals surface area (Å²) in [5, 5.41) is 10.3. The fourth-order valence-electron chi connectivity index (χ4n) is 1.29. The largest absolute Gasteiger partial charge is 0.458 e. The number of esters is 1. The van der Waals surface area contributed by atoms with Crippen molar-refractivity contribution in [2.24, 2.45) is 0 Å². The molecule has 0 saturated carbocycles. The van der Waals surface area contributed by atoms with Gasteiger partial charge in [-0.2, -0.15) is 0 Å². The first kappa shape index (κ1) is 9.60. The summed E-state index contributed by atoms with van der Waals surface area (Å²) in [5.41, 5.74) is -2.37. The van der Waals surface area contributed by atoms with Gasteiger partial charge in [0.2, 0.25) is 0 Å². The fraction of sp³-hybridized carbons (Fsp3) is 0.857. The molecule has 20 heavy (non-hydrogen) atoms. The Kier molecular flexibility index (Phi) is 2.69. The molecule has 1 aliphatic rings. The van der Waals surface area contributed by atoms with Gasteiger partial charge < -0.3 is 14.6 Å². The molecule has 0 aromatic rings. The van der Waals surface area contributed by atoms with Crippen molar-refractivity contribution in [3.05, 3.63) is 0 Å². The summed E-state index contributed by atoms with van der Waals surface area (Å²) >= 11 is 0. The van der Waals surface area contributed by atoms with E-state index in [1.807, 2.05) is 0 Å². The van der Waals surface area contributed by atoms with E-state index in [1.165, 1.54) is 41.5 Å². The van der Waals surface area contributed by atoms with Gasteiger partial charge in [0.05, 0.1) is 2.74 Å². The summed E-state index contributed by atoms with van der Waals surface area (Å²) in [7, 11) is 0. The summed E-state index contributed by atoms with van der Waals surface area (Å²) in [5.74, 6) is -1.63. The Labute approximate surface area is 128 Å². The molecule has 6 heteroatoms. The molecule has 1 amide bonds. The molecule has 0 bridgehead atoms. The number of carbonyl (C=O) groups is 2. The number of likely N-dealkylation sites (tertiary alicyclic amines) is 1. The van der Waals surface area contributed by atoms with Crippen molar-refractivity contribution < 1.29 is 32.4 Å². The predicted molar refractivity (Wildman–Crippen MR) is 72.9 cm³/mol. The third-order valence-corrected chi connectivity index (χ3v) is 1.90. The maximum Gasteiger partial charge on any atom is 0.413 e. The van der Waals surface area contributed by atoms with E-state index in [4.69, 9.17) is 17.7 Å². The highest BCUT2D eigenvalue weighted by atomic mass is 16.6. The highest BCUT2D eigenvalue weighted by molar-refractivity contribution is 5.82. The van der Waals surface area contributed by atoms with E-state index in [2.05, 4.69) is 0 Å². The Morgan fingerprint density at radius 1 is 1.15 bits per heavy atom. The van der Waals surface area contributed by atoms with Crippen LogP contribution in [-0.4, -0.2) is 45.5 Å². The van der Waals surface area contributed by atoms with E-state index in [1.54, 1.807) is 0 Å². The second-order valence-electron chi connectivity index (χ2n) is 6.24. The second-order valence-corrected chi connectivity index (χ2v) is 6.24. The summed E-state index contributed by atoms with van der Waals surface area (Å²) in [6.45, 7) is 8.60. The highest BCUT2D eigenvalue weighted by Gasteiger charge is 2.43. The number of rotatable bonds is 1. The molecule has 1 saturated heterocycles. The lowest BCUT2D eigenvalue weighted by molar-refractivity contribution is -0.162. The zero-order chi connectivity index (χ0) is 21.1. The molecule has 1 N–H and O–H groups in total. The maximum absolute atomic E-state index is 12.6. The van der Waals surface area contributed by atoms with Gasteiger partial charge in [0.15, 0.2) is 0 Å². The molecule has 0 aromatic carbocycles. The average molecular weight is 293 g/mol. The maximum atomic E-state index is 12.6. The number of hydrogen-bond acceptors (Lipinski definition) is 5. The molecule has 2 atom stereocenters. The summed E-state index contributed by atoms with van der Waals surface area (Å²) in [4.78, 5) is 24.8. The van der Waals surface area contributed by atoms with Gasteiger partial charge in [-0.15, -0.1) is 0 Å². The first-order valence-electron chi connectivity index (χ1n) is 9.12.